The van der Waals surface area contributed by atoms with E-state index in [1.165, 1.54) is 0 Å². The molecule has 2 heterocycles. The third-order valence-electron chi connectivity index (χ3n) is 1.04. The van der Waals surface area contributed by atoms with Crippen LogP contribution in [0.2, 0.25) is 0 Å². The van der Waals surface area contributed by atoms with Crippen molar-refractivity contribution in [2.45, 2.75) is 0 Å². The van der Waals surface area contributed by atoms with E-state index in [4.69, 9.17) is 0 Å². The molecule has 2 saturated heterocycles. The summed E-state index contributed by atoms with van der Waals surface area (Å²) in [7, 11) is 0. The highest BCUT2D eigenvalue weighted by Gasteiger charge is 2.59. The lowest BCUT2D eigenvalue weighted by molar-refractivity contribution is -0.150. The normalized spacial score (nSPS) is 26.5. The first kappa shape index (κ1) is 7.86. The van der Waals surface area contributed by atoms with E-state index in [1.54, 1.807) is 0 Å². The van der Waals surface area contributed by atoms with Crippen molar-refractivity contribution in [3.63, 3.8) is 0 Å². The molecule has 1 spiro atoms. The summed E-state index contributed by atoms with van der Waals surface area (Å²) in [6.07, 6.45) is 0. The number of rotatable bonds is 0. The lowest BCUT2D eigenvalue weighted by Gasteiger charge is -2.15. The van der Waals surface area contributed by atoms with Gasteiger partial charge in [0, 0.05) is 0 Å². The van der Waals surface area contributed by atoms with Crippen molar-refractivity contribution >= 4 is 35.0 Å². The van der Waals surface area contributed by atoms with Gasteiger partial charge in [-0.25, -0.2) is 19.2 Å². The van der Waals surface area contributed by atoms with Crippen molar-refractivity contribution < 1.29 is 35.9 Å². The fourth-order valence-electron chi connectivity index (χ4n) is 0.609. The lowest BCUT2D eigenvalue weighted by Crippen LogP contribution is -2.05. The second-order valence-corrected chi connectivity index (χ2v) is 3.37. The summed E-state index contributed by atoms with van der Waals surface area (Å²) in [5, 5.41) is 0. The van der Waals surface area contributed by atoms with Gasteiger partial charge in [-0.1, -0.05) is 0 Å². The topological polar surface area (TPSA) is 105 Å². The summed E-state index contributed by atoms with van der Waals surface area (Å²) in [4.78, 5) is 42.0. The molecule has 2 aliphatic heterocycles. The van der Waals surface area contributed by atoms with Crippen LogP contribution in [0.5, 0.6) is 0 Å². The first-order valence-electron chi connectivity index (χ1n) is 2.80. The van der Waals surface area contributed by atoms with E-state index in [-0.39, 0.29) is 0 Å². The van der Waals surface area contributed by atoms with Gasteiger partial charge < -0.3 is 16.7 Å². The van der Waals surface area contributed by atoms with Crippen molar-refractivity contribution in [3.8, 4) is 0 Å². The highest BCUT2D eigenvalue weighted by Crippen LogP contribution is 2.59. The van der Waals surface area contributed by atoms with E-state index in [2.05, 4.69) is 16.7 Å². The van der Waals surface area contributed by atoms with Gasteiger partial charge in [-0.3, -0.25) is 0 Å². The van der Waals surface area contributed by atoms with E-state index in [9.17, 15) is 19.2 Å². The summed E-state index contributed by atoms with van der Waals surface area (Å²) in [6.45, 7) is 0. The molecule has 0 bridgehead atoms. The molecule has 2 rings (SSSR count). The monoisotopic (exact) mass is 208 g/mol. The van der Waals surface area contributed by atoms with Crippen LogP contribution in [0.3, 0.4) is 0 Å². The van der Waals surface area contributed by atoms with Gasteiger partial charge >= 0.3 is 35.0 Å². The maximum absolute atomic E-state index is 10.5. The molecule has 70 valence electrons. The van der Waals surface area contributed by atoms with Crippen LogP contribution in [0.15, 0.2) is 0 Å². The second kappa shape index (κ2) is 2.13. The summed E-state index contributed by atoms with van der Waals surface area (Å²) in [5.41, 5.74) is 0. The van der Waals surface area contributed by atoms with E-state index >= 15 is 0 Å². The van der Waals surface area contributed by atoms with Crippen molar-refractivity contribution in [2.75, 3.05) is 0 Å². The zero-order chi connectivity index (χ0) is 9.64. The van der Waals surface area contributed by atoms with Crippen LogP contribution < -0.4 is 0 Å². The molecule has 8 nitrogen and oxygen atoms in total. The molecular weight excluding hydrogens is 208 g/mol. The Morgan fingerprint density at radius 3 is 1.08 bits per heavy atom. The third-order valence-corrected chi connectivity index (χ3v) is 2.47. The Kier molecular flexibility index (Phi) is 1.29. The first-order valence-corrected chi connectivity index (χ1v) is 4.13. The fraction of sp³-hybridized carbons (Fsp3) is 0. The molecule has 0 unspecified atom stereocenters. The Morgan fingerprint density at radius 2 is 0.846 bits per heavy atom. The van der Waals surface area contributed by atoms with Crippen LogP contribution in [-0.2, 0) is 35.9 Å². The van der Waals surface area contributed by atoms with Crippen LogP contribution in [0.1, 0.15) is 0 Å². The highest BCUT2D eigenvalue weighted by atomic mass is 32.3. The van der Waals surface area contributed by atoms with E-state index < -0.39 is 35.0 Å². The summed E-state index contributed by atoms with van der Waals surface area (Å²) in [6, 6.07) is 0. The molecule has 2 fully saturated rings. The largest absolute Gasteiger partial charge is 0.441 e. The zero-order valence-electron chi connectivity index (χ0n) is 5.67. The van der Waals surface area contributed by atoms with Gasteiger partial charge in [0.15, 0.2) is 0 Å². The molecular formula is C4O8S. The standard InChI is InChI=1S/C4O8S/c5-1-2(6)10-13(9-1)11-3(7)4(8)12-13. The predicted octanol–water partition coefficient (Wildman–Crippen LogP) is -1.35. The minimum atomic E-state index is -3.52. The summed E-state index contributed by atoms with van der Waals surface area (Å²) < 4.78 is 16.6. The highest BCUT2D eigenvalue weighted by molar-refractivity contribution is 8.19. The molecule has 0 aromatic carbocycles. The second-order valence-electron chi connectivity index (χ2n) is 1.89. The van der Waals surface area contributed by atoms with Crippen LogP contribution in [-0.4, -0.2) is 23.9 Å². The average Bonchev–Trinajstić information content (AvgIpc) is 2.39. The quantitative estimate of drug-likeness (QED) is 0.450. The molecule has 0 amide bonds. The van der Waals surface area contributed by atoms with Gasteiger partial charge in [0.25, 0.3) is 0 Å². The Balaban J connectivity index is 2.27. The van der Waals surface area contributed by atoms with Crippen LogP contribution in [0, 0.1) is 0 Å². The molecule has 0 radical (unpaired) electrons. The minimum Gasteiger partial charge on any atom is -0.309 e. The van der Waals surface area contributed by atoms with Gasteiger partial charge in [-0.05, 0) is 0 Å². The molecule has 0 saturated carbocycles. The number of carbonyl (C=O) groups excluding carboxylic acids is 4. The Morgan fingerprint density at radius 1 is 0.615 bits per heavy atom. The molecule has 0 atom stereocenters. The average molecular weight is 208 g/mol. The van der Waals surface area contributed by atoms with Crippen LogP contribution in [0.25, 0.3) is 0 Å². The molecule has 2 aliphatic rings. The third kappa shape index (κ3) is 1.01. The van der Waals surface area contributed by atoms with Gasteiger partial charge in [-0.15, -0.1) is 0 Å². The van der Waals surface area contributed by atoms with Crippen LogP contribution >= 0.6 is 11.2 Å². The first-order chi connectivity index (χ1) is 6.02. The fourth-order valence-corrected chi connectivity index (χ4v) is 1.83. The number of carbonyl (C=O) groups is 4. The molecule has 9 heteroatoms. The summed E-state index contributed by atoms with van der Waals surface area (Å²) in [5.74, 6) is -5.45. The molecule has 13 heavy (non-hydrogen) atoms. The van der Waals surface area contributed by atoms with Gasteiger partial charge in [0.05, 0.1) is 0 Å². The van der Waals surface area contributed by atoms with Crippen molar-refractivity contribution in [3.05, 3.63) is 0 Å². The molecule has 0 N–H and O–H groups in total. The summed E-state index contributed by atoms with van der Waals surface area (Å²) >= 11 is -3.52. The van der Waals surface area contributed by atoms with Gasteiger partial charge in [-0.2, -0.15) is 0 Å². The molecule has 0 aliphatic carbocycles. The lowest BCUT2D eigenvalue weighted by atomic mass is 10.7. The minimum absolute atomic E-state index is 1.36. The van der Waals surface area contributed by atoms with E-state index in [0.29, 0.717) is 0 Å². The van der Waals surface area contributed by atoms with E-state index in [0.717, 1.165) is 0 Å². The SMILES string of the molecule is O=C1OS2(OC1=O)OC(=O)C(=O)O2. The predicted molar refractivity (Wildman–Crippen MR) is 32.0 cm³/mol. The maximum atomic E-state index is 10.5. The van der Waals surface area contributed by atoms with Crippen molar-refractivity contribution in [1.82, 2.24) is 0 Å². The smallest absolute Gasteiger partial charge is 0.309 e. The number of hydrogen-bond acceptors (Lipinski definition) is 8. The van der Waals surface area contributed by atoms with Crippen molar-refractivity contribution in [1.29, 1.82) is 0 Å². The van der Waals surface area contributed by atoms with Crippen molar-refractivity contribution in [2.24, 2.45) is 0 Å². The molecule has 0 aromatic rings. The van der Waals surface area contributed by atoms with E-state index in [1.807, 2.05) is 0 Å². The van der Waals surface area contributed by atoms with Gasteiger partial charge in [0.2, 0.25) is 0 Å². The van der Waals surface area contributed by atoms with Crippen LogP contribution in [0.4, 0.5) is 0 Å². The van der Waals surface area contributed by atoms with Gasteiger partial charge in [0.1, 0.15) is 0 Å². The molecule has 0 aromatic heterocycles. The zero-order valence-corrected chi connectivity index (χ0v) is 6.49. The Labute approximate surface area is 71.8 Å². The maximum Gasteiger partial charge on any atom is 0.441 e. The Bertz CT molecular complexity index is 275. The Hall–Kier alpha value is -1.77. The number of hydrogen-bond donors (Lipinski definition) is 0.